The van der Waals surface area contributed by atoms with E-state index in [0.717, 1.165) is 42.4 Å². The minimum Gasteiger partial charge on any atom is -0.377 e. The largest absolute Gasteiger partial charge is 0.377 e. The molecule has 0 unspecified atom stereocenters. The fraction of sp³-hybridized carbons (Fsp3) is 0.487. The topological polar surface area (TPSA) is 96.5 Å². The van der Waals surface area contributed by atoms with E-state index in [0.29, 0.717) is 64.5 Å². The second-order valence-corrected chi connectivity index (χ2v) is 16.9. The van der Waals surface area contributed by atoms with Crippen molar-refractivity contribution in [2.24, 2.45) is 0 Å². The third-order valence-corrected chi connectivity index (χ3v) is 12.5. The molecule has 0 bridgehead atoms. The van der Waals surface area contributed by atoms with Gasteiger partial charge in [0.05, 0.1) is 23.0 Å². The molecule has 0 atom stereocenters. The van der Waals surface area contributed by atoms with Crippen LogP contribution in [-0.2, 0) is 49.3 Å². The molecule has 0 N–H and O–H groups in total. The quantitative estimate of drug-likeness (QED) is 0.118. The zero-order chi connectivity index (χ0) is 35.8. The summed E-state index contributed by atoms with van der Waals surface area (Å²) in [6.45, 7) is 13.2. The minimum absolute atomic E-state index is 0.0168. The lowest BCUT2D eigenvalue weighted by molar-refractivity contribution is 0.118. The third kappa shape index (κ3) is 12.1. The van der Waals surface area contributed by atoms with Gasteiger partial charge in [-0.1, -0.05) is 87.9 Å². The summed E-state index contributed by atoms with van der Waals surface area (Å²) in [5.74, 6) is 0. The van der Waals surface area contributed by atoms with Crippen LogP contribution in [0.5, 0.6) is 0 Å². The Morgan fingerprint density at radius 2 is 1.04 bits per heavy atom. The Balaban J connectivity index is 1.55. The van der Waals surface area contributed by atoms with Crippen LogP contribution in [0.2, 0.25) is 0 Å². The first-order valence-corrected chi connectivity index (χ1v) is 20.8. The summed E-state index contributed by atoms with van der Waals surface area (Å²) in [6, 6.07) is 23.8. The molecule has 50 heavy (non-hydrogen) atoms. The second kappa shape index (κ2) is 20.2. The Kier molecular flexibility index (Phi) is 16.1. The van der Waals surface area contributed by atoms with Gasteiger partial charge in [0.15, 0.2) is 0 Å². The molecule has 0 saturated carbocycles. The van der Waals surface area contributed by atoms with Crippen molar-refractivity contribution in [2.45, 2.75) is 81.9 Å². The van der Waals surface area contributed by atoms with Crippen LogP contribution in [0, 0.1) is 0 Å². The van der Waals surface area contributed by atoms with Gasteiger partial charge in [-0.3, -0.25) is 4.90 Å². The molecule has 274 valence electrons. The molecule has 3 aromatic rings. The molecule has 3 aromatic carbocycles. The highest BCUT2D eigenvalue weighted by Crippen LogP contribution is 2.23. The van der Waals surface area contributed by atoms with Gasteiger partial charge in [-0.2, -0.15) is 8.61 Å². The summed E-state index contributed by atoms with van der Waals surface area (Å²) in [7, 11) is -7.79. The Morgan fingerprint density at radius 1 is 0.600 bits per heavy atom. The standard InChI is InChI=1S/C39H55N3O6S2/c1-4-6-27-47-32-36-15-19-38(20-16-36)49(43,44)41-25-11-23-40(31-35-13-9-8-10-14-35)24-12-26-42(30-34(3)29-41)50(45,46)39-21-17-37(18-22-39)33-48-28-7-5-2/h8-10,13-22H,3-7,11-12,23-33H2,1-2H3. The average molecular weight is 726 g/mol. The molecule has 0 aromatic heterocycles. The summed E-state index contributed by atoms with van der Waals surface area (Å²) < 4.78 is 70.6. The molecule has 4 rings (SSSR count). The van der Waals surface area contributed by atoms with Gasteiger partial charge in [-0.15, -0.1) is 0 Å². The lowest BCUT2D eigenvalue weighted by Crippen LogP contribution is -2.41. The maximum absolute atomic E-state index is 14.1. The van der Waals surface area contributed by atoms with E-state index >= 15 is 0 Å². The number of ether oxygens (including phenoxy) is 2. The molecule has 0 radical (unpaired) electrons. The van der Waals surface area contributed by atoms with Crippen LogP contribution < -0.4 is 0 Å². The van der Waals surface area contributed by atoms with E-state index in [4.69, 9.17) is 9.47 Å². The monoisotopic (exact) mass is 725 g/mol. The van der Waals surface area contributed by atoms with Gasteiger partial charge in [-0.25, -0.2) is 16.8 Å². The van der Waals surface area contributed by atoms with Gasteiger partial charge in [0, 0.05) is 45.9 Å². The molecule has 1 aliphatic heterocycles. The lowest BCUT2D eigenvalue weighted by Gasteiger charge is -2.30. The van der Waals surface area contributed by atoms with Crippen LogP contribution in [0.4, 0.5) is 0 Å². The summed E-state index contributed by atoms with van der Waals surface area (Å²) in [5.41, 5.74) is 3.49. The molecule has 0 aliphatic carbocycles. The zero-order valence-electron chi connectivity index (χ0n) is 29.8. The predicted octanol–water partition coefficient (Wildman–Crippen LogP) is 6.85. The third-order valence-electron chi connectivity index (χ3n) is 8.76. The fourth-order valence-corrected chi connectivity index (χ4v) is 8.86. The number of sulfonamides is 2. The van der Waals surface area contributed by atoms with E-state index in [2.05, 4.69) is 37.5 Å². The second-order valence-electron chi connectivity index (χ2n) is 13.0. The van der Waals surface area contributed by atoms with Gasteiger partial charge in [0.1, 0.15) is 0 Å². The van der Waals surface area contributed by atoms with Crippen molar-refractivity contribution in [1.82, 2.24) is 13.5 Å². The van der Waals surface area contributed by atoms with E-state index in [1.807, 2.05) is 18.2 Å². The molecule has 11 heteroatoms. The predicted molar refractivity (Wildman–Crippen MR) is 200 cm³/mol. The number of hydrogen-bond acceptors (Lipinski definition) is 7. The molecule has 0 spiro atoms. The molecule has 1 fully saturated rings. The van der Waals surface area contributed by atoms with Crippen LogP contribution in [0.25, 0.3) is 0 Å². The highest BCUT2D eigenvalue weighted by molar-refractivity contribution is 7.89. The summed E-state index contributed by atoms with van der Waals surface area (Å²) in [5, 5.41) is 0. The summed E-state index contributed by atoms with van der Waals surface area (Å²) in [4.78, 5) is 2.67. The van der Waals surface area contributed by atoms with Gasteiger partial charge in [0.25, 0.3) is 0 Å². The summed E-state index contributed by atoms with van der Waals surface area (Å²) in [6.07, 6.45) is 5.31. The van der Waals surface area contributed by atoms with Crippen molar-refractivity contribution in [2.75, 3.05) is 52.5 Å². The molecule has 1 saturated heterocycles. The number of rotatable bonds is 16. The Labute approximate surface area is 301 Å². The minimum atomic E-state index is -3.89. The molecule has 1 heterocycles. The van der Waals surface area contributed by atoms with Crippen molar-refractivity contribution < 1.29 is 26.3 Å². The number of benzene rings is 3. The first kappa shape index (κ1) is 39.9. The van der Waals surface area contributed by atoms with Crippen molar-refractivity contribution >= 4 is 20.0 Å². The summed E-state index contributed by atoms with van der Waals surface area (Å²) >= 11 is 0. The van der Waals surface area contributed by atoms with Gasteiger partial charge in [-0.05, 0) is 85.3 Å². The van der Waals surface area contributed by atoms with Crippen molar-refractivity contribution in [3.63, 3.8) is 0 Å². The Morgan fingerprint density at radius 3 is 1.46 bits per heavy atom. The van der Waals surface area contributed by atoms with Crippen LogP contribution in [0.3, 0.4) is 0 Å². The maximum Gasteiger partial charge on any atom is 0.243 e. The van der Waals surface area contributed by atoms with E-state index in [9.17, 15) is 16.8 Å². The average Bonchev–Trinajstić information content (AvgIpc) is 3.11. The van der Waals surface area contributed by atoms with Crippen molar-refractivity contribution in [3.05, 3.63) is 108 Å². The van der Waals surface area contributed by atoms with E-state index < -0.39 is 20.0 Å². The van der Waals surface area contributed by atoms with Crippen LogP contribution in [-0.4, -0.2) is 82.8 Å². The van der Waals surface area contributed by atoms with Gasteiger partial charge in [0.2, 0.25) is 20.0 Å². The molecule has 0 amide bonds. The first-order valence-electron chi connectivity index (χ1n) is 17.9. The highest BCUT2D eigenvalue weighted by Gasteiger charge is 2.29. The van der Waals surface area contributed by atoms with E-state index in [1.54, 1.807) is 48.5 Å². The highest BCUT2D eigenvalue weighted by atomic mass is 32.2. The molecular formula is C39H55N3O6S2. The van der Waals surface area contributed by atoms with Crippen LogP contribution >= 0.6 is 0 Å². The molecule has 1 aliphatic rings. The normalized spacial score (nSPS) is 16.6. The van der Waals surface area contributed by atoms with Crippen molar-refractivity contribution in [3.8, 4) is 0 Å². The van der Waals surface area contributed by atoms with E-state index in [-0.39, 0.29) is 36.0 Å². The molecular weight excluding hydrogens is 671 g/mol. The number of hydrogen-bond donors (Lipinski definition) is 0. The van der Waals surface area contributed by atoms with Crippen LogP contribution in [0.15, 0.2) is 101 Å². The molecule has 9 nitrogen and oxygen atoms in total. The van der Waals surface area contributed by atoms with Crippen molar-refractivity contribution in [1.29, 1.82) is 0 Å². The SMILES string of the molecule is C=C1CN(S(=O)(=O)c2ccc(COCCCC)cc2)CCCN(Cc2ccccc2)CCCN(S(=O)(=O)c2ccc(COCCCC)cc2)C1. The zero-order valence-corrected chi connectivity index (χ0v) is 31.5. The van der Waals surface area contributed by atoms with Gasteiger partial charge >= 0.3 is 0 Å². The Hall–Kier alpha value is -2.90. The number of nitrogens with zero attached hydrogens (tertiary/aromatic N) is 3. The smallest absolute Gasteiger partial charge is 0.243 e. The van der Waals surface area contributed by atoms with E-state index in [1.165, 1.54) is 8.61 Å². The first-order chi connectivity index (χ1) is 24.1. The Bertz CT molecular complexity index is 1560. The fourth-order valence-electron chi connectivity index (χ4n) is 5.86. The number of unbranched alkanes of at least 4 members (excludes halogenated alkanes) is 2. The lowest BCUT2D eigenvalue weighted by atomic mass is 10.2. The maximum atomic E-state index is 14.1. The van der Waals surface area contributed by atoms with Gasteiger partial charge < -0.3 is 9.47 Å². The van der Waals surface area contributed by atoms with Crippen LogP contribution in [0.1, 0.15) is 69.1 Å².